The number of halogens is 1. The van der Waals surface area contributed by atoms with Gasteiger partial charge in [-0.2, -0.15) is 0 Å². The van der Waals surface area contributed by atoms with E-state index in [4.69, 9.17) is 0 Å². The van der Waals surface area contributed by atoms with Gasteiger partial charge in [0.05, 0.1) is 0 Å². The van der Waals surface area contributed by atoms with Crippen LogP contribution in [0.15, 0.2) is 22.7 Å². The number of aliphatic hydroxyl groups is 1. The van der Waals surface area contributed by atoms with Crippen molar-refractivity contribution < 1.29 is 5.11 Å². The molecule has 3 heteroatoms. The van der Waals surface area contributed by atoms with Crippen LogP contribution in [0.5, 0.6) is 0 Å². The van der Waals surface area contributed by atoms with Gasteiger partial charge in [0.25, 0.3) is 0 Å². The molecular weight excluding hydrogens is 290 g/mol. The maximum absolute atomic E-state index is 9.29. The fraction of sp³-hybridized carbons (Fsp3) is 0.600. The molecule has 18 heavy (non-hydrogen) atoms. The summed E-state index contributed by atoms with van der Waals surface area (Å²) in [5.74, 6) is 0. The molecule has 0 spiro atoms. The van der Waals surface area contributed by atoms with E-state index in [0.29, 0.717) is 6.04 Å². The molecular formula is C15H22BrNO. The standard InChI is InChI=1S/C15H22BrNO/c1-2-12-5-6-13(11-14(12)16)15(7-10-18)17-8-3-4-9-17/h5-6,11,15,18H,2-4,7-10H2,1H3. The van der Waals surface area contributed by atoms with Crippen LogP contribution in [0.1, 0.15) is 43.4 Å². The highest BCUT2D eigenvalue weighted by atomic mass is 79.9. The molecule has 1 unspecified atom stereocenters. The maximum Gasteiger partial charge on any atom is 0.0449 e. The lowest BCUT2D eigenvalue weighted by molar-refractivity contribution is 0.185. The van der Waals surface area contributed by atoms with E-state index in [1.807, 2.05) is 0 Å². The van der Waals surface area contributed by atoms with Gasteiger partial charge in [-0.25, -0.2) is 0 Å². The Morgan fingerprint density at radius 2 is 2.06 bits per heavy atom. The Hall–Kier alpha value is -0.380. The van der Waals surface area contributed by atoms with Gasteiger partial charge < -0.3 is 5.11 Å². The number of hydrogen-bond acceptors (Lipinski definition) is 2. The predicted molar refractivity (Wildman–Crippen MR) is 78.8 cm³/mol. The molecule has 1 fully saturated rings. The smallest absolute Gasteiger partial charge is 0.0449 e. The molecule has 1 N–H and O–H groups in total. The molecule has 100 valence electrons. The van der Waals surface area contributed by atoms with Crippen LogP contribution in [0.2, 0.25) is 0 Å². The first-order chi connectivity index (χ1) is 8.76. The van der Waals surface area contributed by atoms with Gasteiger partial charge in [0.15, 0.2) is 0 Å². The second kappa shape index (κ2) is 6.69. The zero-order valence-electron chi connectivity index (χ0n) is 11.0. The van der Waals surface area contributed by atoms with E-state index < -0.39 is 0 Å². The third-order valence-corrected chi connectivity index (χ3v) is 4.56. The van der Waals surface area contributed by atoms with Crippen LogP contribution in [-0.4, -0.2) is 29.7 Å². The molecule has 2 nitrogen and oxygen atoms in total. The van der Waals surface area contributed by atoms with Crippen LogP contribution in [-0.2, 0) is 6.42 Å². The average Bonchev–Trinajstić information content (AvgIpc) is 2.89. The fourth-order valence-electron chi connectivity index (χ4n) is 2.79. The highest BCUT2D eigenvalue weighted by molar-refractivity contribution is 9.10. The van der Waals surface area contributed by atoms with Gasteiger partial charge in [0.1, 0.15) is 0 Å². The van der Waals surface area contributed by atoms with Crippen LogP contribution >= 0.6 is 15.9 Å². The summed E-state index contributed by atoms with van der Waals surface area (Å²) in [6.45, 7) is 4.76. The first kappa shape index (κ1) is 14.0. The minimum Gasteiger partial charge on any atom is -0.396 e. The van der Waals surface area contributed by atoms with Crippen molar-refractivity contribution in [3.63, 3.8) is 0 Å². The minimum atomic E-state index is 0.258. The average molecular weight is 312 g/mol. The molecule has 0 amide bonds. The van der Waals surface area contributed by atoms with Crippen molar-refractivity contribution >= 4 is 15.9 Å². The third-order valence-electron chi connectivity index (χ3n) is 3.83. The highest BCUT2D eigenvalue weighted by Gasteiger charge is 2.23. The second-order valence-corrected chi connectivity index (χ2v) is 5.83. The second-order valence-electron chi connectivity index (χ2n) is 4.98. The Morgan fingerprint density at radius 3 is 2.61 bits per heavy atom. The summed E-state index contributed by atoms with van der Waals surface area (Å²) >= 11 is 3.65. The van der Waals surface area contributed by atoms with Gasteiger partial charge >= 0.3 is 0 Å². The molecule has 0 saturated carbocycles. The third kappa shape index (κ3) is 3.14. The number of nitrogens with zero attached hydrogens (tertiary/aromatic N) is 1. The molecule has 0 bridgehead atoms. The van der Waals surface area contributed by atoms with Crippen molar-refractivity contribution in [2.75, 3.05) is 19.7 Å². The van der Waals surface area contributed by atoms with Crippen LogP contribution in [0.4, 0.5) is 0 Å². The number of aliphatic hydroxyl groups excluding tert-OH is 1. The van der Waals surface area contributed by atoms with E-state index >= 15 is 0 Å². The molecule has 1 aliphatic rings. The van der Waals surface area contributed by atoms with Crippen LogP contribution in [0.25, 0.3) is 0 Å². The molecule has 0 radical (unpaired) electrons. The van der Waals surface area contributed by atoms with E-state index in [0.717, 1.165) is 25.9 Å². The summed E-state index contributed by atoms with van der Waals surface area (Å²) in [5, 5.41) is 9.29. The summed E-state index contributed by atoms with van der Waals surface area (Å²) in [5.41, 5.74) is 2.68. The predicted octanol–water partition coefficient (Wildman–Crippen LogP) is 3.53. The lowest BCUT2D eigenvalue weighted by Gasteiger charge is -2.27. The van der Waals surface area contributed by atoms with Crippen LogP contribution in [0, 0.1) is 0 Å². The van der Waals surface area contributed by atoms with Gasteiger partial charge in [-0.15, -0.1) is 0 Å². The monoisotopic (exact) mass is 311 g/mol. The molecule has 1 heterocycles. The van der Waals surface area contributed by atoms with E-state index in [9.17, 15) is 5.11 Å². The van der Waals surface area contributed by atoms with Crippen molar-refractivity contribution in [3.05, 3.63) is 33.8 Å². The summed E-state index contributed by atoms with van der Waals surface area (Å²) < 4.78 is 1.20. The zero-order valence-corrected chi connectivity index (χ0v) is 12.6. The van der Waals surface area contributed by atoms with Gasteiger partial charge in [-0.1, -0.05) is 35.0 Å². The first-order valence-electron chi connectivity index (χ1n) is 6.89. The molecule has 1 saturated heterocycles. The molecule has 0 aliphatic carbocycles. The van der Waals surface area contributed by atoms with Crippen molar-refractivity contribution in [1.29, 1.82) is 0 Å². The van der Waals surface area contributed by atoms with Crippen molar-refractivity contribution in [1.82, 2.24) is 4.90 Å². The van der Waals surface area contributed by atoms with E-state index in [2.05, 4.69) is 46.0 Å². The number of hydrogen-bond donors (Lipinski definition) is 1. The summed E-state index contributed by atoms with van der Waals surface area (Å²) in [6, 6.07) is 7.04. The zero-order chi connectivity index (χ0) is 13.0. The summed E-state index contributed by atoms with van der Waals surface area (Å²) in [4.78, 5) is 2.50. The molecule has 2 rings (SSSR count). The Balaban J connectivity index is 2.21. The topological polar surface area (TPSA) is 23.5 Å². The lowest BCUT2D eigenvalue weighted by Crippen LogP contribution is -2.26. The molecule has 1 aromatic carbocycles. The maximum atomic E-state index is 9.29. The van der Waals surface area contributed by atoms with Gasteiger partial charge in [0, 0.05) is 17.1 Å². The molecule has 1 aliphatic heterocycles. The van der Waals surface area contributed by atoms with Gasteiger partial charge in [-0.3, -0.25) is 4.90 Å². The number of likely N-dealkylation sites (tertiary alicyclic amines) is 1. The molecule has 0 aromatic heterocycles. The van der Waals surface area contributed by atoms with Gasteiger partial charge in [0.2, 0.25) is 0 Å². The van der Waals surface area contributed by atoms with E-state index in [1.165, 1.54) is 28.4 Å². The Bertz CT molecular complexity index is 388. The quantitative estimate of drug-likeness (QED) is 0.899. The van der Waals surface area contributed by atoms with Crippen LogP contribution in [0.3, 0.4) is 0 Å². The minimum absolute atomic E-state index is 0.258. The van der Waals surface area contributed by atoms with E-state index in [-0.39, 0.29) is 6.61 Å². The Morgan fingerprint density at radius 1 is 1.33 bits per heavy atom. The number of rotatable bonds is 5. The number of benzene rings is 1. The Kier molecular flexibility index (Phi) is 5.22. The van der Waals surface area contributed by atoms with Crippen LogP contribution < -0.4 is 0 Å². The largest absolute Gasteiger partial charge is 0.396 e. The molecule has 1 atom stereocenters. The first-order valence-corrected chi connectivity index (χ1v) is 7.68. The van der Waals surface area contributed by atoms with E-state index in [1.54, 1.807) is 0 Å². The van der Waals surface area contributed by atoms with Crippen molar-refractivity contribution in [2.24, 2.45) is 0 Å². The lowest BCUT2D eigenvalue weighted by atomic mass is 10.0. The number of aryl methyl sites for hydroxylation is 1. The SMILES string of the molecule is CCc1ccc(C(CCO)N2CCCC2)cc1Br. The normalized spacial score (nSPS) is 18.2. The van der Waals surface area contributed by atoms with Gasteiger partial charge in [-0.05, 0) is 56.0 Å². The summed E-state index contributed by atoms with van der Waals surface area (Å²) in [6.07, 6.45) is 4.46. The van der Waals surface area contributed by atoms with Crippen molar-refractivity contribution in [3.8, 4) is 0 Å². The highest BCUT2D eigenvalue weighted by Crippen LogP contribution is 2.30. The summed E-state index contributed by atoms with van der Waals surface area (Å²) in [7, 11) is 0. The fourth-order valence-corrected chi connectivity index (χ4v) is 3.47. The van der Waals surface area contributed by atoms with Crippen molar-refractivity contribution in [2.45, 2.75) is 38.6 Å². The molecule has 1 aromatic rings. The Labute approximate surface area is 118 Å².